The Hall–Kier alpha value is -3.04. The van der Waals surface area contributed by atoms with E-state index in [1.54, 1.807) is 23.7 Å². The number of hydrogen-bond donors (Lipinski definition) is 1. The van der Waals surface area contributed by atoms with E-state index in [9.17, 15) is 9.18 Å². The summed E-state index contributed by atoms with van der Waals surface area (Å²) in [6, 6.07) is 16.0. The predicted octanol–water partition coefficient (Wildman–Crippen LogP) is 4.32. The third kappa shape index (κ3) is 4.87. The van der Waals surface area contributed by atoms with Gasteiger partial charge in [0.15, 0.2) is 16.1 Å². The van der Waals surface area contributed by atoms with E-state index in [1.807, 2.05) is 34.9 Å². The smallest absolute Gasteiger partial charge is 0.236 e. The molecule has 1 N–H and O–H groups in total. The Balaban J connectivity index is 1.57. The van der Waals surface area contributed by atoms with Crippen LogP contribution >= 0.6 is 23.1 Å². The Morgan fingerprint density at radius 2 is 1.90 bits per heavy atom. The lowest BCUT2D eigenvalue weighted by molar-refractivity contribution is -0.113. The van der Waals surface area contributed by atoms with Gasteiger partial charge in [0.1, 0.15) is 5.82 Å². The van der Waals surface area contributed by atoms with Gasteiger partial charge >= 0.3 is 0 Å². The molecule has 0 saturated carbocycles. The molecular weight excluding hydrogens is 409 g/mol. The minimum atomic E-state index is -0.309. The van der Waals surface area contributed by atoms with Gasteiger partial charge in [-0.05, 0) is 29.8 Å². The van der Waals surface area contributed by atoms with Gasteiger partial charge in [-0.15, -0.1) is 21.5 Å². The Morgan fingerprint density at radius 1 is 1.10 bits per heavy atom. The molecule has 6 nitrogen and oxygen atoms in total. The van der Waals surface area contributed by atoms with Gasteiger partial charge in [0, 0.05) is 17.1 Å². The highest BCUT2D eigenvalue weighted by Crippen LogP contribution is 2.25. The van der Waals surface area contributed by atoms with Crippen LogP contribution in [0.4, 0.5) is 9.52 Å². The van der Waals surface area contributed by atoms with E-state index in [0.29, 0.717) is 22.7 Å². The van der Waals surface area contributed by atoms with Crippen molar-refractivity contribution in [3.8, 4) is 11.4 Å². The molecule has 0 unspecified atom stereocenters. The van der Waals surface area contributed by atoms with Crippen LogP contribution in [0, 0.1) is 5.82 Å². The maximum absolute atomic E-state index is 13.3. The first-order chi connectivity index (χ1) is 14.2. The molecule has 2 aromatic carbocycles. The first-order valence-corrected chi connectivity index (χ1v) is 10.6. The molecule has 146 valence electrons. The van der Waals surface area contributed by atoms with Crippen molar-refractivity contribution in [2.24, 2.45) is 0 Å². The molecule has 0 aliphatic heterocycles. The molecule has 0 bridgehead atoms. The maximum Gasteiger partial charge on any atom is 0.236 e. The number of amides is 1. The first kappa shape index (κ1) is 19.3. The fraction of sp³-hybridized carbons (Fsp3) is 0.100. The standard InChI is InChI=1S/C20H16FN5OS2/c21-16-8-6-15(7-9-16)18-24-25-20(26(18)12-14-4-2-1-3-5-14)29-13-17(27)23-19-22-10-11-28-19/h1-11H,12-13H2,(H,22,23,27). The fourth-order valence-electron chi connectivity index (χ4n) is 2.69. The Labute approximate surface area is 174 Å². The summed E-state index contributed by atoms with van der Waals surface area (Å²) in [5.41, 5.74) is 1.83. The molecule has 4 rings (SSSR count). The molecule has 0 saturated heterocycles. The molecule has 2 heterocycles. The van der Waals surface area contributed by atoms with Crippen molar-refractivity contribution in [2.45, 2.75) is 11.7 Å². The van der Waals surface area contributed by atoms with Crippen molar-refractivity contribution in [3.05, 3.63) is 77.6 Å². The van der Waals surface area contributed by atoms with Gasteiger partial charge in [0.25, 0.3) is 0 Å². The van der Waals surface area contributed by atoms with Crippen LogP contribution in [0.5, 0.6) is 0 Å². The third-order valence-electron chi connectivity index (χ3n) is 4.01. The molecule has 0 radical (unpaired) electrons. The average Bonchev–Trinajstić information content (AvgIpc) is 3.38. The normalized spacial score (nSPS) is 10.8. The van der Waals surface area contributed by atoms with Gasteiger partial charge in [-0.2, -0.15) is 0 Å². The van der Waals surface area contributed by atoms with Crippen molar-refractivity contribution >= 4 is 34.1 Å². The molecule has 0 spiro atoms. The van der Waals surface area contributed by atoms with Crippen molar-refractivity contribution in [2.75, 3.05) is 11.1 Å². The number of carbonyl (C=O) groups excluding carboxylic acids is 1. The summed E-state index contributed by atoms with van der Waals surface area (Å²) in [7, 11) is 0. The van der Waals surface area contributed by atoms with E-state index in [1.165, 1.54) is 35.2 Å². The molecule has 0 aliphatic rings. The number of aromatic nitrogens is 4. The lowest BCUT2D eigenvalue weighted by atomic mass is 10.2. The van der Waals surface area contributed by atoms with Crippen LogP contribution < -0.4 is 5.32 Å². The summed E-state index contributed by atoms with van der Waals surface area (Å²) in [5, 5.41) is 14.3. The molecule has 9 heteroatoms. The highest BCUT2D eigenvalue weighted by atomic mass is 32.2. The maximum atomic E-state index is 13.3. The molecule has 0 aliphatic carbocycles. The highest BCUT2D eigenvalue weighted by Gasteiger charge is 2.16. The number of anilines is 1. The van der Waals surface area contributed by atoms with Gasteiger partial charge in [0.2, 0.25) is 5.91 Å². The van der Waals surface area contributed by atoms with Crippen LogP contribution in [-0.4, -0.2) is 31.4 Å². The number of thioether (sulfide) groups is 1. The molecule has 0 atom stereocenters. The molecule has 29 heavy (non-hydrogen) atoms. The van der Waals surface area contributed by atoms with Gasteiger partial charge in [0.05, 0.1) is 12.3 Å². The number of carbonyl (C=O) groups is 1. The lowest BCUT2D eigenvalue weighted by Crippen LogP contribution is -2.14. The number of nitrogens with one attached hydrogen (secondary N) is 1. The van der Waals surface area contributed by atoms with E-state index >= 15 is 0 Å². The zero-order valence-corrected chi connectivity index (χ0v) is 16.8. The summed E-state index contributed by atoms with van der Waals surface area (Å²) in [6.07, 6.45) is 1.64. The SMILES string of the molecule is O=C(CSc1nnc(-c2ccc(F)cc2)n1Cc1ccccc1)Nc1nccs1. The summed E-state index contributed by atoms with van der Waals surface area (Å²) in [6.45, 7) is 0.539. The van der Waals surface area contributed by atoms with Crippen LogP contribution in [0.25, 0.3) is 11.4 Å². The third-order valence-corrected chi connectivity index (χ3v) is 5.67. The van der Waals surface area contributed by atoms with Gasteiger partial charge in [-0.25, -0.2) is 9.37 Å². The zero-order valence-electron chi connectivity index (χ0n) is 15.2. The second-order valence-electron chi connectivity index (χ2n) is 6.06. The topological polar surface area (TPSA) is 72.7 Å². The molecule has 0 fully saturated rings. The Morgan fingerprint density at radius 3 is 2.62 bits per heavy atom. The molecule has 2 aromatic heterocycles. The molecule has 4 aromatic rings. The number of hydrogen-bond acceptors (Lipinski definition) is 6. The number of rotatable bonds is 7. The summed E-state index contributed by atoms with van der Waals surface area (Å²) >= 11 is 2.66. The van der Waals surface area contributed by atoms with E-state index in [2.05, 4.69) is 20.5 Å². The van der Waals surface area contributed by atoms with Crippen molar-refractivity contribution in [3.63, 3.8) is 0 Å². The van der Waals surface area contributed by atoms with E-state index in [4.69, 9.17) is 0 Å². The average molecular weight is 426 g/mol. The predicted molar refractivity (Wildman–Crippen MR) is 112 cm³/mol. The highest BCUT2D eigenvalue weighted by molar-refractivity contribution is 7.99. The fourth-order valence-corrected chi connectivity index (χ4v) is 3.97. The summed E-state index contributed by atoms with van der Waals surface area (Å²) in [5.74, 6) is 0.325. The second-order valence-corrected chi connectivity index (χ2v) is 7.90. The number of nitrogens with zero attached hydrogens (tertiary/aromatic N) is 4. The van der Waals surface area contributed by atoms with Gasteiger partial charge in [-0.3, -0.25) is 9.36 Å². The second kappa shape index (κ2) is 8.97. The molecular formula is C20H16FN5OS2. The van der Waals surface area contributed by atoms with E-state index in [-0.39, 0.29) is 17.5 Å². The van der Waals surface area contributed by atoms with Crippen LogP contribution in [0.1, 0.15) is 5.56 Å². The van der Waals surface area contributed by atoms with Crippen LogP contribution in [0.3, 0.4) is 0 Å². The van der Waals surface area contributed by atoms with Crippen LogP contribution in [0.2, 0.25) is 0 Å². The number of benzene rings is 2. The van der Waals surface area contributed by atoms with Gasteiger partial charge < -0.3 is 5.32 Å². The summed E-state index contributed by atoms with van der Waals surface area (Å²) in [4.78, 5) is 16.3. The largest absolute Gasteiger partial charge is 0.301 e. The minimum Gasteiger partial charge on any atom is -0.301 e. The lowest BCUT2D eigenvalue weighted by Gasteiger charge is -2.10. The van der Waals surface area contributed by atoms with Crippen molar-refractivity contribution in [1.82, 2.24) is 19.7 Å². The first-order valence-electron chi connectivity index (χ1n) is 8.74. The Kier molecular flexibility index (Phi) is 5.97. The Bertz CT molecular complexity index is 1080. The summed E-state index contributed by atoms with van der Waals surface area (Å²) < 4.78 is 15.3. The molecule has 1 amide bonds. The van der Waals surface area contributed by atoms with Crippen molar-refractivity contribution < 1.29 is 9.18 Å². The number of thiazole rings is 1. The zero-order chi connectivity index (χ0) is 20.1. The quantitative estimate of drug-likeness (QED) is 0.447. The van der Waals surface area contributed by atoms with Crippen LogP contribution in [-0.2, 0) is 11.3 Å². The number of halogens is 1. The van der Waals surface area contributed by atoms with Gasteiger partial charge in [-0.1, -0.05) is 42.1 Å². The van der Waals surface area contributed by atoms with E-state index in [0.717, 1.165) is 11.1 Å². The monoisotopic (exact) mass is 425 g/mol. The van der Waals surface area contributed by atoms with Crippen molar-refractivity contribution in [1.29, 1.82) is 0 Å². The van der Waals surface area contributed by atoms with E-state index < -0.39 is 0 Å². The minimum absolute atomic E-state index is 0.164. The van der Waals surface area contributed by atoms with Crippen LogP contribution in [0.15, 0.2) is 71.3 Å².